The van der Waals surface area contributed by atoms with Crippen LogP contribution < -0.4 is 0 Å². The van der Waals surface area contributed by atoms with Crippen LogP contribution in [0.2, 0.25) is 0 Å². The third-order valence-corrected chi connectivity index (χ3v) is 5.43. The minimum absolute atomic E-state index is 0.0110. The van der Waals surface area contributed by atoms with Crippen LogP contribution in [-0.2, 0) is 0 Å². The zero-order chi connectivity index (χ0) is 12.3. The summed E-state index contributed by atoms with van der Waals surface area (Å²) < 4.78 is 0. The van der Waals surface area contributed by atoms with Crippen LogP contribution in [0.4, 0.5) is 0 Å². The minimum atomic E-state index is 0.0110. The van der Waals surface area contributed by atoms with Crippen molar-refractivity contribution in [3.05, 3.63) is 0 Å². The van der Waals surface area contributed by atoms with E-state index in [-0.39, 0.29) is 6.10 Å². The second kappa shape index (κ2) is 6.22. The Hall–Kier alpha value is -0.0400. The first-order valence-corrected chi connectivity index (χ1v) is 7.88. The summed E-state index contributed by atoms with van der Waals surface area (Å²) in [7, 11) is 0. The van der Waals surface area contributed by atoms with Crippen LogP contribution in [0.25, 0.3) is 0 Å². The second-order valence-corrected chi connectivity index (χ2v) is 6.71. The maximum Gasteiger partial charge on any atom is 0.0596 e. The Morgan fingerprint density at radius 3 is 2.35 bits per heavy atom. The molecule has 0 heterocycles. The largest absolute Gasteiger partial charge is 0.393 e. The van der Waals surface area contributed by atoms with Crippen LogP contribution in [-0.4, -0.2) is 11.2 Å². The van der Waals surface area contributed by atoms with Gasteiger partial charge in [0.25, 0.3) is 0 Å². The number of hydrogen-bond acceptors (Lipinski definition) is 1. The van der Waals surface area contributed by atoms with Gasteiger partial charge in [0.1, 0.15) is 0 Å². The fraction of sp³-hybridized carbons (Fsp3) is 1.00. The molecule has 2 rings (SSSR count). The molecule has 3 unspecified atom stereocenters. The predicted molar refractivity (Wildman–Crippen MR) is 72.9 cm³/mol. The summed E-state index contributed by atoms with van der Waals surface area (Å²) in [6.07, 6.45) is 11.9. The lowest BCUT2D eigenvalue weighted by atomic mass is 9.71. The highest BCUT2D eigenvalue weighted by Gasteiger charge is 2.33. The monoisotopic (exact) mass is 238 g/mol. The fourth-order valence-corrected chi connectivity index (χ4v) is 4.03. The summed E-state index contributed by atoms with van der Waals surface area (Å²) in [6, 6.07) is 0. The first kappa shape index (κ1) is 13.4. The van der Waals surface area contributed by atoms with Gasteiger partial charge in [-0.25, -0.2) is 0 Å². The van der Waals surface area contributed by atoms with Crippen LogP contribution in [0.5, 0.6) is 0 Å². The Morgan fingerprint density at radius 2 is 1.71 bits per heavy atom. The molecule has 2 saturated carbocycles. The number of hydrogen-bond donors (Lipinski definition) is 1. The van der Waals surface area contributed by atoms with Crippen molar-refractivity contribution in [2.45, 2.75) is 77.7 Å². The van der Waals surface area contributed by atoms with E-state index in [1.165, 1.54) is 57.8 Å². The molecule has 2 aliphatic rings. The molecule has 0 saturated heterocycles. The van der Waals surface area contributed by atoms with Crippen LogP contribution in [0.3, 0.4) is 0 Å². The van der Waals surface area contributed by atoms with Gasteiger partial charge < -0.3 is 5.11 Å². The van der Waals surface area contributed by atoms with Crippen molar-refractivity contribution in [1.29, 1.82) is 0 Å². The van der Waals surface area contributed by atoms with Crippen molar-refractivity contribution >= 4 is 0 Å². The normalized spacial score (nSPS) is 41.1. The van der Waals surface area contributed by atoms with Crippen LogP contribution in [0.1, 0.15) is 71.6 Å². The predicted octanol–water partition coefficient (Wildman–Crippen LogP) is 4.39. The SMILES string of the molecule is CCC1CCCC(C(O)C2CCC(C)CC2)C1. The molecule has 0 aromatic rings. The molecule has 0 aromatic carbocycles. The van der Waals surface area contributed by atoms with Crippen LogP contribution in [0, 0.1) is 23.7 Å². The summed E-state index contributed by atoms with van der Waals surface area (Å²) >= 11 is 0. The molecule has 2 aliphatic carbocycles. The van der Waals surface area contributed by atoms with Crippen molar-refractivity contribution in [2.24, 2.45) is 23.7 Å². The minimum Gasteiger partial charge on any atom is -0.393 e. The van der Waals surface area contributed by atoms with Gasteiger partial charge in [-0.3, -0.25) is 0 Å². The van der Waals surface area contributed by atoms with Gasteiger partial charge >= 0.3 is 0 Å². The van der Waals surface area contributed by atoms with Gasteiger partial charge in [-0.05, 0) is 49.4 Å². The van der Waals surface area contributed by atoms with Gasteiger partial charge in [-0.1, -0.05) is 46.0 Å². The van der Waals surface area contributed by atoms with Crippen LogP contribution >= 0.6 is 0 Å². The Labute approximate surface area is 107 Å². The standard InChI is InChI=1S/C16H30O/c1-3-13-5-4-6-15(11-13)16(17)14-9-7-12(2)8-10-14/h12-17H,3-11H2,1-2H3. The van der Waals surface area contributed by atoms with Gasteiger partial charge in [0, 0.05) is 0 Å². The van der Waals surface area contributed by atoms with E-state index in [0.29, 0.717) is 11.8 Å². The molecule has 100 valence electrons. The first-order chi connectivity index (χ1) is 8.20. The molecule has 1 heteroatoms. The summed E-state index contributed by atoms with van der Waals surface area (Å²) in [5.74, 6) is 3.03. The highest BCUT2D eigenvalue weighted by molar-refractivity contribution is 4.84. The van der Waals surface area contributed by atoms with Gasteiger partial charge in [0.15, 0.2) is 0 Å². The Morgan fingerprint density at radius 1 is 1.00 bits per heavy atom. The lowest BCUT2D eigenvalue weighted by Gasteiger charge is -2.38. The molecule has 1 nitrogen and oxygen atoms in total. The van der Waals surface area contributed by atoms with E-state index in [9.17, 15) is 5.11 Å². The first-order valence-electron chi connectivity index (χ1n) is 7.88. The Bertz CT molecular complexity index is 218. The molecular weight excluding hydrogens is 208 g/mol. The van der Waals surface area contributed by atoms with Crippen molar-refractivity contribution in [3.8, 4) is 0 Å². The number of aliphatic hydroxyl groups is 1. The molecule has 2 fully saturated rings. The molecule has 17 heavy (non-hydrogen) atoms. The van der Waals surface area contributed by atoms with Crippen LogP contribution in [0.15, 0.2) is 0 Å². The van der Waals surface area contributed by atoms with E-state index < -0.39 is 0 Å². The molecular formula is C16H30O. The molecule has 3 atom stereocenters. The molecule has 0 spiro atoms. The Kier molecular flexibility index (Phi) is 4.90. The third-order valence-electron chi connectivity index (χ3n) is 5.43. The van der Waals surface area contributed by atoms with Crippen molar-refractivity contribution in [1.82, 2.24) is 0 Å². The van der Waals surface area contributed by atoms with E-state index in [1.54, 1.807) is 0 Å². The molecule has 0 aromatic heterocycles. The average molecular weight is 238 g/mol. The smallest absolute Gasteiger partial charge is 0.0596 e. The van der Waals surface area contributed by atoms with Gasteiger partial charge in [-0.2, -0.15) is 0 Å². The highest BCUT2D eigenvalue weighted by atomic mass is 16.3. The van der Waals surface area contributed by atoms with E-state index in [0.717, 1.165) is 11.8 Å². The molecule has 1 N–H and O–H groups in total. The average Bonchev–Trinajstić information content (AvgIpc) is 2.39. The quantitative estimate of drug-likeness (QED) is 0.773. The lowest BCUT2D eigenvalue weighted by Crippen LogP contribution is -2.34. The number of rotatable bonds is 3. The highest BCUT2D eigenvalue weighted by Crippen LogP contribution is 2.39. The zero-order valence-electron chi connectivity index (χ0n) is 11.7. The topological polar surface area (TPSA) is 20.2 Å². The van der Waals surface area contributed by atoms with Crippen molar-refractivity contribution in [2.75, 3.05) is 0 Å². The van der Waals surface area contributed by atoms with E-state index >= 15 is 0 Å². The number of aliphatic hydroxyl groups excluding tert-OH is 1. The van der Waals surface area contributed by atoms with E-state index in [4.69, 9.17) is 0 Å². The third kappa shape index (κ3) is 3.47. The van der Waals surface area contributed by atoms with Gasteiger partial charge in [0.2, 0.25) is 0 Å². The molecule has 0 aliphatic heterocycles. The summed E-state index contributed by atoms with van der Waals surface area (Å²) in [5, 5.41) is 10.6. The van der Waals surface area contributed by atoms with E-state index in [1.807, 2.05) is 0 Å². The lowest BCUT2D eigenvalue weighted by molar-refractivity contribution is 0.00392. The molecule has 0 amide bonds. The summed E-state index contributed by atoms with van der Waals surface area (Å²) in [6.45, 7) is 4.66. The van der Waals surface area contributed by atoms with Crippen molar-refractivity contribution < 1.29 is 5.11 Å². The maximum atomic E-state index is 10.6. The summed E-state index contributed by atoms with van der Waals surface area (Å²) in [5.41, 5.74) is 0. The van der Waals surface area contributed by atoms with Crippen molar-refractivity contribution in [3.63, 3.8) is 0 Å². The zero-order valence-corrected chi connectivity index (χ0v) is 11.7. The Balaban J connectivity index is 1.84. The molecule has 0 bridgehead atoms. The van der Waals surface area contributed by atoms with Gasteiger partial charge in [-0.15, -0.1) is 0 Å². The maximum absolute atomic E-state index is 10.6. The fourth-order valence-electron chi connectivity index (χ4n) is 4.03. The second-order valence-electron chi connectivity index (χ2n) is 6.71. The van der Waals surface area contributed by atoms with E-state index in [2.05, 4.69) is 13.8 Å². The summed E-state index contributed by atoms with van der Waals surface area (Å²) in [4.78, 5) is 0. The van der Waals surface area contributed by atoms with Gasteiger partial charge in [0.05, 0.1) is 6.10 Å². The molecule has 0 radical (unpaired) electrons.